The summed E-state index contributed by atoms with van der Waals surface area (Å²) in [5.41, 5.74) is 5.82. The summed E-state index contributed by atoms with van der Waals surface area (Å²) in [5, 5.41) is 8.26. The van der Waals surface area contributed by atoms with Crippen LogP contribution in [0.2, 0.25) is 0 Å². The Hall–Kier alpha value is -2.33. The van der Waals surface area contributed by atoms with Crippen molar-refractivity contribution in [3.05, 3.63) is 76.5 Å². The predicted molar refractivity (Wildman–Crippen MR) is 96.3 cm³/mol. The van der Waals surface area contributed by atoms with E-state index in [2.05, 4.69) is 92.2 Å². The first-order valence-corrected chi connectivity index (χ1v) is 8.26. The average Bonchev–Trinajstić information content (AvgIpc) is 3.16. The molecule has 2 aromatic carbocycles. The highest BCUT2D eigenvalue weighted by Crippen LogP contribution is 2.25. The topological polar surface area (TPSA) is 33.6 Å². The van der Waals surface area contributed by atoms with Crippen molar-refractivity contribution in [3.8, 4) is 11.3 Å². The van der Waals surface area contributed by atoms with Crippen LogP contribution in [0.3, 0.4) is 0 Å². The molecule has 1 N–H and O–H groups in total. The summed E-state index contributed by atoms with van der Waals surface area (Å²) in [6.45, 7) is 2.91. The number of halogens is 1. The number of nitrogens with one attached hydrogen (secondary N) is 1. The first-order valence-electron chi connectivity index (χ1n) is 7.46. The van der Waals surface area contributed by atoms with E-state index in [0.717, 1.165) is 27.6 Å². The molecule has 0 saturated heterocycles. The van der Waals surface area contributed by atoms with E-state index in [1.165, 1.54) is 16.8 Å². The minimum atomic E-state index is 0.815. The maximum atomic E-state index is 4.09. The van der Waals surface area contributed by atoms with E-state index in [1.807, 2.05) is 6.20 Å². The molecule has 4 aromatic rings. The highest BCUT2D eigenvalue weighted by molar-refractivity contribution is 9.10. The van der Waals surface area contributed by atoms with Gasteiger partial charge in [0, 0.05) is 33.9 Å². The first-order chi connectivity index (χ1) is 11.2. The molecule has 0 atom stereocenters. The van der Waals surface area contributed by atoms with Gasteiger partial charge in [0.25, 0.3) is 0 Å². The van der Waals surface area contributed by atoms with Crippen molar-refractivity contribution >= 4 is 26.8 Å². The van der Waals surface area contributed by atoms with Crippen molar-refractivity contribution in [2.24, 2.45) is 0 Å². The second kappa shape index (κ2) is 5.70. The lowest BCUT2D eigenvalue weighted by Crippen LogP contribution is -2.03. The van der Waals surface area contributed by atoms with Gasteiger partial charge in [-0.1, -0.05) is 40.2 Å². The Balaban J connectivity index is 1.73. The third-order valence-corrected chi connectivity index (χ3v) is 4.63. The van der Waals surface area contributed by atoms with Gasteiger partial charge in [0.1, 0.15) is 0 Å². The fraction of sp³-hybridized carbons (Fsp3) is 0.105. The SMILES string of the molecule is Cc1[c]cc(-c2ccc(Br)cc2)n1Cc1ccc2cn[nH]c2c1. The Labute approximate surface area is 143 Å². The third-order valence-electron chi connectivity index (χ3n) is 4.10. The molecule has 0 aliphatic rings. The zero-order valence-electron chi connectivity index (χ0n) is 12.7. The van der Waals surface area contributed by atoms with E-state index in [9.17, 15) is 0 Å². The molecule has 4 heteroatoms. The minimum absolute atomic E-state index is 0.815. The number of aromatic nitrogens is 3. The molecule has 3 nitrogen and oxygen atoms in total. The number of aryl methyl sites for hydroxylation is 1. The van der Waals surface area contributed by atoms with Crippen molar-refractivity contribution in [3.63, 3.8) is 0 Å². The summed E-state index contributed by atoms with van der Waals surface area (Å²) in [6, 6.07) is 20.2. The molecule has 2 heterocycles. The van der Waals surface area contributed by atoms with Gasteiger partial charge in [0.05, 0.1) is 11.7 Å². The van der Waals surface area contributed by atoms with Gasteiger partial charge in [0.15, 0.2) is 0 Å². The Bertz CT molecular complexity index is 964. The van der Waals surface area contributed by atoms with Crippen LogP contribution in [0.15, 0.2) is 59.2 Å². The van der Waals surface area contributed by atoms with Crippen LogP contribution in [-0.2, 0) is 6.54 Å². The van der Waals surface area contributed by atoms with Gasteiger partial charge in [0.2, 0.25) is 0 Å². The van der Waals surface area contributed by atoms with E-state index >= 15 is 0 Å². The number of hydrogen-bond acceptors (Lipinski definition) is 1. The van der Waals surface area contributed by atoms with Gasteiger partial charge in [-0.25, -0.2) is 0 Å². The Morgan fingerprint density at radius 3 is 2.83 bits per heavy atom. The summed E-state index contributed by atoms with van der Waals surface area (Å²) < 4.78 is 3.38. The molecule has 0 aliphatic heterocycles. The number of hydrogen-bond donors (Lipinski definition) is 1. The lowest BCUT2D eigenvalue weighted by atomic mass is 10.1. The smallest absolute Gasteiger partial charge is 0.0653 e. The molecule has 2 aromatic heterocycles. The molecule has 0 fully saturated rings. The van der Waals surface area contributed by atoms with Crippen molar-refractivity contribution in [2.75, 3.05) is 0 Å². The van der Waals surface area contributed by atoms with Gasteiger partial charge in [-0.05, 0) is 42.3 Å². The first kappa shape index (κ1) is 14.3. The number of benzene rings is 2. The van der Waals surface area contributed by atoms with Crippen LogP contribution < -0.4 is 0 Å². The molecular formula is C19H15BrN3. The zero-order valence-corrected chi connectivity index (χ0v) is 14.3. The van der Waals surface area contributed by atoms with Crippen LogP contribution in [0.4, 0.5) is 0 Å². The van der Waals surface area contributed by atoms with Gasteiger partial charge in [-0.3, -0.25) is 5.10 Å². The quantitative estimate of drug-likeness (QED) is 0.548. The molecule has 0 saturated carbocycles. The Morgan fingerprint density at radius 1 is 1.17 bits per heavy atom. The molecule has 0 aliphatic carbocycles. The molecule has 0 spiro atoms. The number of fused-ring (bicyclic) bond motifs is 1. The molecule has 113 valence electrons. The largest absolute Gasteiger partial charge is 0.340 e. The molecule has 23 heavy (non-hydrogen) atoms. The van der Waals surface area contributed by atoms with Crippen LogP contribution in [0.5, 0.6) is 0 Å². The molecule has 4 rings (SSSR count). The highest BCUT2D eigenvalue weighted by atomic mass is 79.9. The summed E-state index contributed by atoms with van der Waals surface area (Å²) in [5.74, 6) is 0. The fourth-order valence-electron chi connectivity index (χ4n) is 2.84. The molecule has 1 radical (unpaired) electrons. The number of aromatic amines is 1. The lowest BCUT2D eigenvalue weighted by molar-refractivity contribution is 0.784. The van der Waals surface area contributed by atoms with E-state index in [4.69, 9.17) is 0 Å². The zero-order chi connectivity index (χ0) is 15.8. The predicted octanol–water partition coefficient (Wildman–Crippen LogP) is 4.95. The van der Waals surface area contributed by atoms with Crippen molar-refractivity contribution in [2.45, 2.75) is 13.5 Å². The number of rotatable bonds is 3. The molecule has 0 unspecified atom stereocenters. The fourth-order valence-corrected chi connectivity index (χ4v) is 3.10. The van der Waals surface area contributed by atoms with Gasteiger partial charge in [-0.15, -0.1) is 0 Å². The lowest BCUT2D eigenvalue weighted by Gasteiger charge is -2.12. The summed E-state index contributed by atoms with van der Waals surface area (Å²) in [4.78, 5) is 0. The van der Waals surface area contributed by atoms with E-state index < -0.39 is 0 Å². The molecular weight excluding hydrogens is 350 g/mol. The van der Waals surface area contributed by atoms with Gasteiger partial charge < -0.3 is 4.57 Å². The van der Waals surface area contributed by atoms with Crippen LogP contribution in [0, 0.1) is 13.0 Å². The van der Waals surface area contributed by atoms with Crippen LogP contribution in [0.1, 0.15) is 11.3 Å². The number of H-pyrrole nitrogens is 1. The standard InChI is InChI=1S/C19H15BrN3/c1-13-2-9-19(15-5-7-17(20)8-6-15)23(13)12-14-3-4-16-11-21-22-18(16)10-14/h3-11H,12H2,1H3,(H,21,22). The van der Waals surface area contributed by atoms with Crippen molar-refractivity contribution < 1.29 is 0 Å². The summed E-state index contributed by atoms with van der Waals surface area (Å²) in [7, 11) is 0. The third kappa shape index (κ3) is 2.70. The Kier molecular flexibility index (Phi) is 3.54. The summed E-state index contributed by atoms with van der Waals surface area (Å²) >= 11 is 3.49. The molecule has 0 amide bonds. The second-order valence-electron chi connectivity index (χ2n) is 5.64. The Morgan fingerprint density at radius 2 is 2.00 bits per heavy atom. The van der Waals surface area contributed by atoms with E-state index in [-0.39, 0.29) is 0 Å². The van der Waals surface area contributed by atoms with E-state index in [0.29, 0.717) is 0 Å². The minimum Gasteiger partial charge on any atom is -0.340 e. The normalized spacial score (nSPS) is 11.2. The van der Waals surface area contributed by atoms with Crippen molar-refractivity contribution in [1.29, 1.82) is 0 Å². The van der Waals surface area contributed by atoms with Gasteiger partial charge in [-0.2, -0.15) is 5.10 Å². The van der Waals surface area contributed by atoms with Crippen LogP contribution in [-0.4, -0.2) is 14.8 Å². The monoisotopic (exact) mass is 364 g/mol. The average molecular weight is 365 g/mol. The number of nitrogens with zero attached hydrogens (tertiary/aromatic N) is 2. The highest BCUT2D eigenvalue weighted by Gasteiger charge is 2.09. The maximum absolute atomic E-state index is 4.09. The van der Waals surface area contributed by atoms with Crippen molar-refractivity contribution in [1.82, 2.24) is 14.8 Å². The van der Waals surface area contributed by atoms with Gasteiger partial charge >= 0.3 is 0 Å². The van der Waals surface area contributed by atoms with Crippen LogP contribution >= 0.6 is 15.9 Å². The van der Waals surface area contributed by atoms with Crippen LogP contribution in [0.25, 0.3) is 22.2 Å². The maximum Gasteiger partial charge on any atom is 0.0653 e. The molecule has 0 bridgehead atoms. The summed E-state index contributed by atoms with van der Waals surface area (Å²) in [6.07, 6.45) is 1.85. The second-order valence-corrected chi connectivity index (χ2v) is 6.56. The van der Waals surface area contributed by atoms with E-state index in [1.54, 1.807) is 0 Å².